The number of nitrogens with zero attached hydrogens (tertiary/aromatic N) is 5. The first-order chi connectivity index (χ1) is 12.6. The molecule has 0 N–H and O–H groups in total. The number of rotatable bonds is 4. The molecule has 0 spiro atoms. The zero-order valence-corrected chi connectivity index (χ0v) is 14.5. The average molecular weight is 353 g/mol. The molecule has 0 aromatic carbocycles. The van der Waals surface area contributed by atoms with Crippen molar-refractivity contribution in [3.8, 4) is 11.9 Å². The van der Waals surface area contributed by atoms with E-state index in [1.165, 1.54) is 25.4 Å². The highest BCUT2D eigenvalue weighted by molar-refractivity contribution is 5.92. The first kappa shape index (κ1) is 17.6. The second kappa shape index (κ2) is 7.78. The Morgan fingerprint density at radius 1 is 1.42 bits per heavy atom. The third-order valence-corrected chi connectivity index (χ3v) is 4.32. The van der Waals surface area contributed by atoms with E-state index in [1.54, 1.807) is 17.0 Å². The van der Waals surface area contributed by atoms with E-state index in [4.69, 9.17) is 10.00 Å². The van der Waals surface area contributed by atoms with E-state index < -0.39 is 0 Å². The molecule has 1 amide bonds. The van der Waals surface area contributed by atoms with Gasteiger partial charge in [-0.05, 0) is 25.0 Å². The predicted octanol–water partition coefficient (Wildman–Crippen LogP) is 0.978. The molecule has 26 heavy (non-hydrogen) atoms. The van der Waals surface area contributed by atoms with Crippen molar-refractivity contribution in [1.82, 2.24) is 19.7 Å². The van der Waals surface area contributed by atoms with Crippen LogP contribution in [0.15, 0.2) is 35.3 Å². The first-order valence-corrected chi connectivity index (χ1v) is 8.39. The number of ether oxygens (including phenoxy) is 1. The Morgan fingerprint density at radius 2 is 2.27 bits per heavy atom. The van der Waals surface area contributed by atoms with Crippen LogP contribution in [0.1, 0.15) is 28.9 Å². The molecule has 134 valence electrons. The standard InChI is InChI=1S/C18H19N5O3/c1-22-17(24)5-4-15(21-22)18(25)23-8-2-3-14(11-23)12-26-16-9-13(10-19)6-7-20-16/h4-7,9,14H,2-3,8,11-12H2,1H3. The number of carbonyl (C=O) groups is 1. The molecule has 1 aliphatic rings. The van der Waals surface area contributed by atoms with Crippen molar-refractivity contribution in [3.05, 3.63) is 52.1 Å². The van der Waals surface area contributed by atoms with Crippen LogP contribution in [-0.2, 0) is 7.05 Å². The molecular formula is C18H19N5O3. The summed E-state index contributed by atoms with van der Waals surface area (Å²) >= 11 is 0. The van der Waals surface area contributed by atoms with Crippen LogP contribution in [0.5, 0.6) is 5.88 Å². The van der Waals surface area contributed by atoms with Crippen molar-refractivity contribution in [3.63, 3.8) is 0 Å². The highest BCUT2D eigenvalue weighted by Gasteiger charge is 2.26. The second-order valence-electron chi connectivity index (χ2n) is 6.25. The zero-order valence-electron chi connectivity index (χ0n) is 14.5. The highest BCUT2D eigenvalue weighted by Crippen LogP contribution is 2.19. The van der Waals surface area contributed by atoms with Crippen molar-refractivity contribution in [1.29, 1.82) is 5.26 Å². The fourth-order valence-corrected chi connectivity index (χ4v) is 2.93. The van der Waals surface area contributed by atoms with E-state index in [9.17, 15) is 9.59 Å². The van der Waals surface area contributed by atoms with Crippen molar-refractivity contribution >= 4 is 5.91 Å². The van der Waals surface area contributed by atoms with Crippen LogP contribution < -0.4 is 10.3 Å². The molecule has 0 radical (unpaired) electrons. The summed E-state index contributed by atoms with van der Waals surface area (Å²) in [5, 5.41) is 12.9. The number of nitriles is 1. The number of aromatic nitrogens is 3. The summed E-state index contributed by atoms with van der Waals surface area (Å²) < 4.78 is 6.85. The maximum Gasteiger partial charge on any atom is 0.274 e. The van der Waals surface area contributed by atoms with Gasteiger partial charge in [0, 0.05) is 44.4 Å². The molecule has 0 bridgehead atoms. The van der Waals surface area contributed by atoms with Crippen molar-refractivity contribution < 1.29 is 9.53 Å². The summed E-state index contributed by atoms with van der Waals surface area (Å²) in [6.45, 7) is 1.63. The minimum atomic E-state index is -0.251. The number of amides is 1. The van der Waals surface area contributed by atoms with Crippen molar-refractivity contribution in [2.75, 3.05) is 19.7 Å². The molecule has 2 aromatic rings. The van der Waals surface area contributed by atoms with Gasteiger partial charge in [-0.25, -0.2) is 9.67 Å². The molecule has 1 atom stereocenters. The third-order valence-electron chi connectivity index (χ3n) is 4.32. The van der Waals surface area contributed by atoms with Crippen LogP contribution in [0.4, 0.5) is 0 Å². The Hall–Kier alpha value is -3.21. The number of likely N-dealkylation sites (tertiary alicyclic amines) is 1. The molecule has 1 fully saturated rings. The second-order valence-corrected chi connectivity index (χ2v) is 6.25. The van der Waals surface area contributed by atoms with E-state index in [2.05, 4.69) is 10.1 Å². The van der Waals surface area contributed by atoms with Gasteiger partial charge in [-0.15, -0.1) is 0 Å². The van der Waals surface area contributed by atoms with Gasteiger partial charge in [0.05, 0.1) is 18.2 Å². The van der Waals surface area contributed by atoms with Crippen LogP contribution in [0.3, 0.4) is 0 Å². The number of aryl methyl sites for hydroxylation is 1. The van der Waals surface area contributed by atoms with Gasteiger partial charge < -0.3 is 9.64 Å². The number of piperidine rings is 1. The fraction of sp³-hybridized carbons (Fsp3) is 0.389. The van der Waals surface area contributed by atoms with Crippen LogP contribution in [0.2, 0.25) is 0 Å². The van der Waals surface area contributed by atoms with E-state index >= 15 is 0 Å². The summed E-state index contributed by atoms with van der Waals surface area (Å²) in [4.78, 5) is 29.9. The van der Waals surface area contributed by atoms with Gasteiger partial charge in [-0.2, -0.15) is 10.4 Å². The Labute approximate surface area is 150 Å². The predicted molar refractivity (Wildman–Crippen MR) is 92.6 cm³/mol. The SMILES string of the molecule is Cn1nc(C(=O)N2CCCC(COc3cc(C#N)ccn3)C2)ccc1=O. The van der Waals surface area contributed by atoms with Gasteiger partial charge in [-0.1, -0.05) is 0 Å². The third kappa shape index (κ3) is 4.06. The van der Waals surface area contributed by atoms with Crippen LogP contribution in [0.25, 0.3) is 0 Å². The summed E-state index contributed by atoms with van der Waals surface area (Å²) in [5.74, 6) is 0.398. The van der Waals surface area contributed by atoms with E-state index in [0.29, 0.717) is 31.1 Å². The first-order valence-electron chi connectivity index (χ1n) is 8.39. The molecular weight excluding hydrogens is 334 g/mol. The zero-order chi connectivity index (χ0) is 18.5. The number of hydrogen-bond donors (Lipinski definition) is 0. The van der Waals surface area contributed by atoms with Crippen LogP contribution in [0, 0.1) is 17.2 Å². The molecule has 3 heterocycles. The van der Waals surface area contributed by atoms with Crippen molar-refractivity contribution in [2.45, 2.75) is 12.8 Å². The Balaban J connectivity index is 1.61. The molecule has 1 aliphatic heterocycles. The quantitative estimate of drug-likeness (QED) is 0.812. The van der Waals surface area contributed by atoms with E-state index in [-0.39, 0.29) is 23.1 Å². The minimum Gasteiger partial charge on any atom is -0.477 e. The van der Waals surface area contributed by atoms with Gasteiger partial charge in [0.2, 0.25) is 5.88 Å². The molecule has 1 saturated heterocycles. The normalized spacial score (nSPS) is 16.8. The largest absolute Gasteiger partial charge is 0.477 e. The highest BCUT2D eigenvalue weighted by atomic mass is 16.5. The maximum absolute atomic E-state index is 12.6. The van der Waals surface area contributed by atoms with Crippen LogP contribution in [-0.4, -0.2) is 45.3 Å². The molecule has 0 saturated carbocycles. The topological polar surface area (TPSA) is 101 Å². The average Bonchev–Trinajstić information content (AvgIpc) is 2.68. The lowest BCUT2D eigenvalue weighted by Crippen LogP contribution is -2.42. The number of hydrogen-bond acceptors (Lipinski definition) is 6. The molecule has 0 aliphatic carbocycles. The lowest BCUT2D eigenvalue weighted by atomic mass is 9.98. The monoisotopic (exact) mass is 353 g/mol. The van der Waals surface area contributed by atoms with Crippen LogP contribution >= 0.6 is 0 Å². The Kier molecular flexibility index (Phi) is 5.27. The molecule has 1 unspecified atom stereocenters. The fourth-order valence-electron chi connectivity index (χ4n) is 2.93. The smallest absolute Gasteiger partial charge is 0.274 e. The Bertz CT molecular complexity index is 902. The summed E-state index contributed by atoms with van der Waals surface area (Å²) in [6.07, 6.45) is 3.36. The van der Waals surface area contributed by atoms with Gasteiger partial charge in [0.1, 0.15) is 5.69 Å². The minimum absolute atomic E-state index is 0.174. The summed E-state index contributed by atoms with van der Waals surface area (Å²) in [6, 6.07) is 8.07. The summed E-state index contributed by atoms with van der Waals surface area (Å²) in [5.41, 5.74) is 0.506. The van der Waals surface area contributed by atoms with E-state index in [1.807, 2.05) is 6.07 Å². The maximum atomic E-state index is 12.6. The molecule has 3 rings (SSSR count). The molecule has 8 heteroatoms. The van der Waals surface area contributed by atoms with E-state index in [0.717, 1.165) is 17.5 Å². The summed E-state index contributed by atoms with van der Waals surface area (Å²) in [7, 11) is 1.52. The molecule has 8 nitrogen and oxygen atoms in total. The lowest BCUT2D eigenvalue weighted by Gasteiger charge is -2.32. The van der Waals surface area contributed by atoms with Gasteiger partial charge in [-0.3, -0.25) is 9.59 Å². The Morgan fingerprint density at radius 3 is 3.04 bits per heavy atom. The number of carbonyl (C=O) groups excluding carboxylic acids is 1. The molecule has 2 aromatic heterocycles. The van der Waals surface area contributed by atoms with Gasteiger partial charge in [0.25, 0.3) is 11.5 Å². The van der Waals surface area contributed by atoms with Gasteiger partial charge >= 0.3 is 0 Å². The van der Waals surface area contributed by atoms with Gasteiger partial charge in [0.15, 0.2) is 0 Å². The lowest BCUT2D eigenvalue weighted by molar-refractivity contribution is 0.0623. The number of pyridine rings is 1. The van der Waals surface area contributed by atoms with Crippen molar-refractivity contribution in [2.24, 2.45) is 13.0 Å².